The van der Waals surface area contributed by atoms with Gasteiger partial charge in [-0.1, -0.05) is 0 Å². The lowest BCUT2D eigenvalue weighted by molar-refractivity contribution is 0.360. The highest BCUT2D eigenvalue weighted by Crippen LogP contribution is 2.43. The number of benzene rings is 1. The number of halogens is 2. The first-order valence-corrected chi connectivity index (χ1v) is 5.92. The number of hydrogen-bond donors (Lipinski definition) is 2. The van der Waals surface area contributed by atoms with Gasteiger partial charge < -0.3 is 15.2 Å². The van der Waals surface area contributed by atoms with Crippen molar-refractivity contribution in [2.45, 2.75) is 18.9 Å². The van der Waals surface area contributed by atoms with Gasteiger partial charge in [0.25, 0.3) is 0 Å². The quantitative estimate of drug-likeness (QED) is 0.880. The van der Waals surface area contributed by atoms with E-state index in [-0.39, 0.29) is 17.5 Å². The van der Waals surface area contributed by atoms with E-state index < -0.39 is 5.82 Å². The van der Waals surface area contributed by atoms with Gasteiger partial charge in [-0.05, 0) is 41.4 Å². The van der Waals surface area contributed by atoms with E-state index in [1.54, 1.807) is 0 Å². The summed E-state index contributed by atoms with van der Waals surface area (Å²) in [6, 6.07) is 1.20. The first-order valence-electron chi connectivity index (χ1n) is 5.13. The number of aromatic hydroxyl groups is 1. The molecule has 3 nitrogen and oxygen atoms in total. The van der Waals surface area contributed by atoms with Gasteiger partial charge in [0.05, 0.1) is 17.1 Å². The Kier molecular flexibility index (Phi) is 3.35. The van der Waals surface area contributed by atoms with Gasteiger partial charge in [0.15, 0.2) is 11.5 Å². The Labute approximate surface area is 102 Å². The Bertz CT molecular complexity index is 405. The van der Waals surface area contributed by atoms with Crippen LogP contribution < -0.4 is 10.1 Å². The fourth-order valence-electron chi connectivity index (χ4n) is 2.06. The van der Waals surface area contributed by atoms with E-state index in [4.69, 9.17) is 4.74 Å². The second-order valence-corrected chi connectivity index (χ2v) is 4.64. The predicted molar refractivity (Wildman–Crippen MR) is 62.3 cm³/mol. The van der Waals surface area contributed by atoms with Crippen molar-refractivity contribution in [2.75, 3.05) is 13.7 Å². The van der Waals surface area contributed by atoms with E-state index in [2.05, 4.69) is 21.2 Å². The molecule has 1 aromatic rings. The number of phenolic OH excluding ortho intramolecular Hbond substituents is 1. The van der Waals surface area contributed by atoms with Crippen LogP contribution in [0, 0.1) is 5.82 Å². The molecule has 1 atom stereocenters. The number of phenols is 1. The fourth-order valence-corrected chi connectivity index (χ4v) is 2.61. The zero-order valence-electron chi connectivity index (χ0n) is 8.89. The minimum absolute atomic E-state index is 0.117. The monoisotopic (exact) mass is 289 g/mol. The molecule has 1 fully saturated rings. The van der Waals surface area contributed by atoms with Crippen LogP contribution in [0.1, 0.15) is 24.4 Å². The molecule has 1 aliphatic heterocycles. The highest BCUT2D eigenvalue weighted by Gasteiger charge is 2.26. The first kappa shape index (κ1) is 11.7. The molecule has 0 aromatic heterocycles. The summed E-state index contributed by atoms with van der Waals surface area (Å²) in [7, 11) is 1.45. The highest BCUT2D eigenvalue weighted by molar-refractivity contribution is 9.10. The molecule has 0 bridgehead atoms. The standard InChI is InChI=1S/C11H13BrFNO2/c1-16-11-6(12)5-7(13)9(10(11)15)8-3-2-4-14-8/h5,8,14-15H,2-4H2,1H3. The van der Waals surface area contributed by atoms with E-state index in [9.17, 15) is 9.50 Å². The van der Waals surface area contributed by atoms with Crippen molar-refractivity contribution < 1.29 is 14.2 Å². The third-order valence-electron chi connectivity index (χ3n) is 2.81. The molecule has 1 saturated heterocycles. The summed E-state index contributed by atoms with van der Waals surface area (Å²) in [6.07, 6.45) is 1.82. The molecule has 1 unspecified atom stereocenters. The zero-order valence-corrected chi connectivity index (χ0v) is 10.5. The Morgan fingerprint density at radius 2 is 2.38 bits per heavy atom. The molecule has 16 heavy (non-hydrogen) atoms. The summed E-state index contributed by atoms with van der Waals surface area (Å²) < 4.78 is 19.3. The number of ether oxygens (including phenoxy) is 1. The molecule has 1 aromatic carbocycles. The van der Waals surface area contributed by atoms with Gasteiger partial charge in [0.2, 0.25) is 0 Å². The van der Waals surface area contributed by atoms with Crippen LogP contribution in [0.25, 0.3) is 0 Å². The maximum Gasteiger partial charge on any atom is 0.175 e. The van der Waals surface area contributed by atoms with E-state index >= 15 is 0 Å². The molecule has 1 heterocycles. The lowest BCUT2D eigenvalue weighted by atomic mass is 10.0. The minimum atomic E-state index is -0.412. The maximum absolute atomic E-state index is 13.8. The van der Waals surface area contributed by atoms with E-state index in [1.165, 1.54) is 13.2 Å². The molecule has 2 N–H and O–H groups in total. The lowest BCUT2D eigenvalue weighted by Gasteiger charge is -2.16. The highest BCUT2D eigenvalue weighted by atomic mass is 79.9. The third-order valence-corrected chi connectivity index (χ3v) is 3.40. The van der Waals surface area contributed by atoms with Crippen molar-refractivity contribution in [3.05, 3.63) is 21.9 Å². The second-order valence-electron chi connectivity index (χ2n) is 3.78. The summed E-state index contributed by atoms with van der Waals surface area (Å²) in [5.41, 5.74) is 0.303. The van der Waals surface area contributed by atoms with Gasteiger partial charge in [0.1, 0.15) is 5.82 Å². The van der Waals surface area contributed by atoms with Gasteiger partial charge in [-0.3, -0.25) is 0 Å². The second kappa shape index (κ2) is 4.59. The van der Waals surface area contributed by atoms with Crippen LogP contribution >= 0.6 is 15.9 Å². The van der Waals surface area contributed by atoms with Crippen LogP contribution in [0.3, 0.4) is 0 Å². The maximum atomic E-state index is 13.8. The molecular weight excluding hydrogens is 277 g/mol. The van der Waals surface area contributed by atoms with Gasteiger partial charge >= 0.3 is 0 Å². The van der Waals surface area contributed by atoms with Crippen LogP contribution in [-0.2, 0) is 0 Å². The molecule has 88 valence electrons. The van der Waals surface area contributed by atoms with Gasteiger partial charge in [-0.2, -0.15) is 0 Å². The number of nitrogens with one attached hydrogen (secondary N) is 1. The van der Waals surface area contributed by atoms with Crippen LogP contribution in [-0.4, -0.2) is 18.8 Å². The zero-order chi connectivity index (χ0) is 11.7. The number of methoxy groups -OCH3 is 1. The molecule has 0 radical (unpaired) electrons. The van der Waals surface area contributed by atoms with Crippen molar-refractivity contribution >= 4 is 15.9 Å². The summed E-state index contributed by atoms with van der Waals surface area (Å²) in [5, 5.41) is 13.1. The van der Waals surface area contributed by atoms with Crippen LogP contribution in [0.15, 0.2) is 10.5 Å². The van der Waals surface area contributed by atoms with Crippen molar-refractivity contribution in [1.29, 1.82) is 0 Å². The average molecular weight is 290 g/mol. The van der Waals surface area contributed by atoms with Crippen LogP contribution in [0.4, 0.5) is 4.39 Å². The smallest absolute Gasteiger partial charge is 0.175 e. The molecular formula is C11H13BrFNO2. The third kappa shape index (κ3) is 1.89. The molecule has 0 spiro atoms. The minimum Gasteiger partial charge on any atom is -0.504 e. The van der Waals surface area contributed by atoms with E-state index in [1.807, 2.05) is 0 Å². The molecule has 0 saturated carbocycles. The Hall–Kier alpha value is -0.810. The number of hydrogen-bond acceptors (Lipinski definition) is 3. The Morgan fingerprint density at radius 3 is 2.94 bits per heavy atom. The van der Waals surface area contributed by atoms with E-state index in [0.717, 1.165) is 19.4 Å². The van der Waals surface area contributed by atoms with Gasteiger partial charge in [-0.25, -0.2) is 4.39 Å². The molecule has 5 heteroatoms. The molecule has 0 aliphatic carbocycles. The van der Waals surface area contributed by atoms with Gasteiger partial charge in [0, 0.05) is 6.04 Å². The topological polar surface area (TPSA) is 41.5 Å². The number of rotatable bonds is 2. The fraction of sp³-hybridized carbons (Fsp3) is 0.455. The summed E-state index contributed by atoms with van der Waals surface area (Å²) >= 11 is 3.16. The Morgan fingerprint density at radius 1 is 1.62 bits per heavy atom. The average Bonchev–Trinajstić information content (AvgIpc) is 2.70. The van der Waals surface area contributed by atoms with E-state index in [0.29, 0.717) is 10.0 Å². The summed E-state index contributed by atoms with van der Waals surface area (Å²) in [4.78, 5) is 0. The Balaban J connectivity index is 2.50. The normalized spacial score (nSPS) is 20.1. The summed E-state index contributed by atoms with van der Waals surface area (Å²) in [6.45, 7) is 0.849. The molecule has 1 aliphatic rings. The van der Waals surface area contributed by atoms with Crippen molar-refractivity contribution in [3.8, 4) is 11.5 Å². The lowest BCUT2D eigenvalue weighted by Crippen LogP contribution is -2.14. The first-order chi connectivity index (χ1) is 7.65. The van der Waals surface area contributed by atoms with Gasteiger partial charge in [-0.15, -0.1) is 0 Å². The van der Waals surface area contributed by atoms with Crippen molar-refractivity contribution in [2.24, 2.45) is 0 Å². The van der Waals surface area contributed by atoms with Crippen molar-refractivity contribution in [1.82, 2.24) is 5.32 Å². The molecule has 2 rings (SSSR count). The van der Waals surface area contributed by atoms with Crippen molar-refractivity contribution in [3.63, 3.8) is 0 Å². The predicted octanol–water partition coefficient (Wildman–Crippen LogP) is 2.73. The van der Waals surface area contributed by atoms with Crippen LogP contribution in [0.2, 0.25) is 0 Å². The SMILES string of the molecule is COc1c(Br)cc(F)c(C2CCCN2)c1O. The largest absolute Gasteiger partial charge is 0.504 e. The van der Waals surface area contributed by atoms with Crippen LogP contribution in [0.5, 0.6) is 11.5 Å². The summed E-state index contributed by atoms with van der Waals surface area (Å²) in [5.74, 6) is -0.247. The molecule has 0 amide bonds.